The molecule has 1 aromatic heterocycles. The molecule has 0 saturated carbocycles. The van der Waals surface area contributed by atoms with Gasteiger partial charge in [-0.25, -0.2) is 5.10 Å². The zero-order valence-electron chi connectivity index (χ0n) is 15.1. The monoisotopic (exact) mass is 384 g/mol. The summed E-state index contributed by atoms with van der Waals surface area (Å²) in [6, 6.07) is 15.1. The first-order chi connectivity index (χ1) is 13.2. The zero-order valence-corrected chi connectivity index (χ0v) is 15.9. The van der Waals surface area contributed by atoms with Crippen LogP contribution in [0, 0.1) is 4.77 Å². The van der Waals surface area contributed by atoms with Crippen molar-refractivity contribution in [3.8, 4) is 17.2 Å². The fraction of sp³-hybridized carbons (Fsp3) is 0.211. The van der Waals surface area contributed by atoms with Gasteiger partial charge < -0.3 is 14.2 Å². The lowest BCUT2D eigenvalue weighted by Gasteiger charge is -2.09. The molecule has 7 nitrogen and oxygen atoms in total. The molecule has 0 atom stereocenters. The largest absolute Gasteiger partial charge is 0.493 e. The third-order valence-electron chi connectivity index (χ3n) is 3.64. The minimum absolute atomic E-state index is 0.237. The Balaban J connectivity index is 1.78. The van der Waals surface area contributed by atoms with Crippen molar-refractivity contribution in [3.05, 3.63) is 64.7 Å². The molecule has 0 aliphatic heterocycles. The number of H-pyrrole nitrogens is 1. The highest BCUT2D eigenvalue weighted by Crippen LogP contribution is 2.27. The van der Waals surface area contributed by atoms with E-state index >= 15 is 0 Å². The van der Waals surface area contributed by atoms with E-state index in [9.17, 15) is 0 Å². The van der Waals surface area contributed by atoms with Gasteiger partial charge in [-0.05, 0) is 55.0 Å². The lowest BCUT2D eigenvalue weighted by atomic mass is 10.2. The van der Waals surface area contributed by atoms with E-state index in [4.69, 9.17) is 26.4 Å². The summed E-state index contributed by atoms with van der Waals surface area (Å²) in [6.45, 7) is 2.70. The number of rotatable bonds is 8. The van der Waals surface area contributed by atoms with Crippen molar-refractivity contribution in [2.45, 2.75) is 13.5 Å². The van der Waals surface area contributed by atoms with E-state index in [0.29, 0.717) is 28.7 Å². The highest BCUT2D eigenvalue weighted by atomic mass is 32.1. The van der Waals surface area contributed by atoms with Gasteiger partial charge in [0.1, 0.15) is 12.4 Å². The van der Waals surface area contributed by atoms with Crippen molar-refractivity contribution in [2.75, 3.05) is 13.7 Å². The van der Waals surface area contributed by atoms with Crippen molar-refractivity contribution in [1.29, 1.82) is 0 Å². The molecule has 0 unspecified atom stereocenters. The maximum absolute atomic E-state index is 5.72. The van der Waals surface area contributed by atoms with E-state index in [-0.39, 0.29) is 6.61 Å². The molecule has 8 heteroatoms. The minimum atomic E-state index is 0.237. The van der Waals surface area contributed by atoms with E-state index in [2.05, 4.69) is 15.3 Å². The number of hydrogen-bond acceptors (Lipinski definition) is 6. The Morgan fingerprint density at radius 1 is 1.15 bits per heavy atom. The molecule has 1 N–H and O–H groups in total. The normalized spacial score (nSPS) is 10.9. The van der Waals surface area contributed by atoms with Crippen LogP contribution in [0.15, 0.2) is 53.6 Å². The predicted molar refractivity (Wildman–Crippen MR) is 105 cm³/mol. The van der Waals surface area contributed by atoms with Crippen molar-refractivity contribution in [2.24, 2.45) is 5.10 Å². The van der Waals surface area contributed by atoms with Crippen molar-refractivity contribution in [1.82, 2.24) is 14.9 Å². The van der Waals surface area contributed by atoms with Crippen LogP contribution < -0.4 is 14.2 Å². The summed E-state index contributed by atoms with van der Waals surface area (Å²) in [5.74, 6) is 2.65. The molecule has 3 aromatic rings. The Bertz CT molecular complexity index is 967. The molecule has 0 fully saturated rings. The number of nitrogens with zero attached hydrogens (tertiary/aromatic N) is 3. The zero-order chi connectivity index (χ0) is 19.1. The smallest absolute Gasteiger partial charge is 0.216 e. The predicted octanol–water partition coefficient (Wildman–Crippen LogP) is 3.81. The second-order valence-corrected chi connectivity index (χ2v) is 5.83. The number of methoxy groups -OCH3 is 1. The molecular formula is C19H20N4O3S. The summed E-state index contributed by atoms with van der Waals surface area (Å²) >= 11 is 5.26. The van der Waals surface area contributed by atoms with Gasteiger partial charge in [-0.1, -0.05) is 18.2 Å². The molecule has 140 valence electrons. The van der Waals surface area contributed by atoms with Gasteiger partial charge in [0.15, 0.2) is 17.3 Å². The quantitative estimate of drug-likeness (QED) is 0.472. The standard InChI is InChI=1S/C19H20N4O3S/c1-3-25-17-11-14(9-10-16(17)24-2)12-20-23-18(21-22-19(23)27)13-26-15-7-5-4-6-8-15/h4-12H,3,13H2,1-2H3,(H,22,27)/b20-12-. The highest BCUT2D eigenvalue weighted by molar-refractivity contribution is 7.71. The lowest BCUT2D eigenvalue weighted by Crippen LogP contribution is -2.04. The van der Waals surface area contributed by atoms with Gasteiger partial charge in [0.2, 0.25) is 4.77 Å². The number of aromatic nitrogens is 3. The second kappa shape index (κ2) is 9.00. The number of hydrogen-bond donors (Lipinski definition) is 1. The molecular weight excluding hydrogens is 364 g/mol. The molecule has 27 heavy (non-hydrogen) atoms. The summed E-state index contributed by atoms with van der Waals surface area (Å²) in [7, 11) is 1.61. The summed E-state index contributed by atoms with van der Waals surface area (Å²) < 4.78 is 18.5. The molecule has 1 heterocycles. The van der Waals surface area contributed by atoms with Gasteiger partial charge in [-0.2, -0.15) is 14.9 Å². The first-order valence-corrected chi connectivity index (χ1v) is 8.81. The summed E-state index contributed by atoms with van der Waals surface area (Å²) in [5, 5.41) is 11.3. The third kappa shape index (κ3) is 4.73. The molecule has 2 aromatic carbocycles. The number of aromatic amines is 1. The van der Waals surface area contributed by atoms with Crippen LogP contribution in [-0.2, 0) is 6.61 Å². The van der Waals surface area contributed by atoms with Crippen LogP contribution in [0.1, 0.15) is 18.3 Å². The molecule has 0 bridgehead atoms. The van der Waals surface area contributed by atoms with E-state index in [1.54, 1.807) is 13.3 Å². The average Bonchev–Trinajstić information content (AvgIpc) is 3.05. The Labute approximate surface area is 162 Å². The number of para-hydroxylation sites is 1. The fourth-order valence-electron chi connectivity index (χ4n) is 2.37. The third-order valence-corrected chi connectivity index (χ3v) is 3.90. The first-order valence-electron chi connectivity index (χ1n) is 8.40. The second-order valence-electron chi connectivity index (χ2n) is 5.45. The Morgan fingerprint density at radius 2 is 1.96 bits per heavy atom. The maximum Gasteiger partial charge on any atom is 0.216 e. The SMILES string of the molecule is CCOc1cc(/C=N\n2c(COc3ccccc3)n[nH]c2=S)ccc1OC. The van der Waals surface area contributed by atoms with Gasteiger partial charge >= 0.3 is 0 Å². The van der Waals surface area contributed by atoms with Gasteiger partial charge in [-0.15, -0.1) is 0 Å². The molecule has 0 aliphatic rings. The van der Waals surface area contributed by atoms with Crippen molar-refractivity contribution in [3.63, 3.8) is 0 Å². The Hall–Kier alpha value is -3.13. The number of benzene rings is 2. The van der Waals surface area contributed by atoms with Crippen LogP contribution in [0.5, 0.6) is 17.2 Å². The highest BCUT2D eigenvalue weighted by Gasteiger charge is 2.07. The van der Waals surface area contributed by atoms with E-state index in [1.165, 1.54) is 4.68 Å². The van der Waals surface area contributed by atoms with E-state index in [0.717, 1.165) is 11.3 Å². The number of nitrogens with one attached hydrogen (secondary N) is 1. The van der Waals surface area contributed by atoms with Gasteiger partial charge in [-0.3, -0.25) is 0 Å². The topological polar surface area (TPSA) is 73.7 Å². The van der Waals surface area contributed by atoms with E-state index < -0.39 is 0 Å². The van der Waals surface area contributed by atoms with Crippen molar-refractivity contribution < 1.29 is 14.2 Å². The van der Waals surface area contributed by atoms with Crippen LogP contribution >= 0.6 is 12.2 Å². The first kappa shape index (κ1) is 18.7. The van der Waals surface area contributed by atoms with Crippen LogP contribution in [0.3, 0.4) is 0 Å². The van der Waals surface area contributed by atoms with Crippen LogP contribution in [0.4, 0.5) is 0 Å². The minimum Gasteiger partial charge on any atom is -0.493 e. The Kier molecular flexibility index (Phi) is 6.22. The fourth-order valence-corrected chi connectivity index (χ4v) is 2.57. The number of ether oxygens (including phenoxy) is 3. The van der Waals surface area contributed by atoms with Crippen LogP contribution in [0.2, 0.25) is 0 Å². The summed E-state index contributed by atoms with van der Waals surface area (Å²) in [4.78, 5) is 0. The molecule has 3 rings (SSSR count). The van der Waals surface area contributed by atoms with Crippen LogP contribution in [0.25, 0.3) is 0 Å². The molecule has 0 radical (unpaired) electrons. The molecule has 0 saturated heterocycles. The molecule has 0 amide bonds. The Morgan fingerprint density at radius 3 is 2.70 bits per heavy atom. The summed E-state index contributed by atoms with van der Waals surface area (Å²) in [6.07, 6.45) is 1.68. The van der Waals surface area contributed by atoms with Crippen molar-refractivity contribution >= 4 is 18.4 Å². The van der Waals surface area contributed by atoms with Gasteiger partial charge in [0.25, 0.3) is 0 Å². The molecule has 0 spiro atoms. The van der Waals surface area contributed by atoms with Gasteiger partial charge in [0, 0.05) is 0 Å². The van der Waals surface area contributed by atoms with Gasteiger partial charge in [0.05, 0.1) is 19.9 Å². The average molecular weight is 384 g/mol. The summed E-state index contributed by atoms with van der Waals surface area (Å²) in [5.41, 5.74) is 0.845. The van der Waals surface area contributed by atoms with Crippen LogP contribution in [-0.4, -0.2) is 34.8 Å². The lowest BCUT2D eigenvalue weighted by molar-refractivity contribution is 0.290. The van der Waals surface area contributed by atoms with E-state index in [1.807, 2.05) is 55.5 Å². The molecule has 0 aliphatic carbocycles. The maximum atomic E-state index is 5.72.